The highest BCUT2D eigenvalue weighted by Crippen LogP contribution is 2.53. The van der Waals surface area contributed by atoms with Gasteiger partial charge in [-0.05, 0) is 40.0 Å². The fraction of sp³-hybridized carbons (Fsp3) is 0.824. The number of rotatable bonds is 5. The molecule has 1 aromatic heterocycles. The molecule has 2 aliphatic carbocycles. The molecule has 1 heterocycles. The van der Waals surface area contributed by atoms with Gasteiger partial charge in [0.05, 0.1) is 12.1 Å². The lowest BCUT2D eigenvalue weighted by atomic mass is 9.55. The number of hydrogen-bond acceptors (Lipinski definition) is 4. The van der Waals surface area contributed by atoms with Crippen molar-refractivity contribution in [1.82, 2.24) is 10.3 Å². The highest BCUT2D eigenvalue weighted by Gasteiger charge is 2.55. The van der Waals surface area contributed by atoms with Gasteiger partial charge in [-0.25, -0.2) is 4.98 Å². The number of hydrogen-bond donors (Lipinski definition) is 1. The standard InChI is InChI=1S/C17H28N2OS/c1-4-20-15-10-14(17(15)8-6-5-7-9-17)19-13(3)16-18-11-12(2)21-16/h11,13-15,19H,4-10H2,1-3H3. The number of aromatic nitrogens is 1. The van der Waals surface area contributed by atoms with E-state index in [1.807, 2.05) is 17.5 Å². The number of nitrogens with zero attached hydrogens (tertiary/aromatic N) is 1. The van der Waals surface area contributed by atoms with Gasteiger partial charge in [0.1, 0.15) is 5.01 Å². The summed E-state index contributed by atoms with van der Waals surface area (Å²) >= 11 is 1.81. The summed E-state index contributed by atoms with van der Waals surface area (Å²) in [4.78, 5) is 5.84. The lowest BCUT2D eigenvalue weighted by Crippen LogP contribution is -2.64. The summed E-state index contributed by atoms with van der Waals surface area (Å²) in [6, 6.07) is 0.962. The first-order valence-electron chi connectivity index (χ1n) is 8.45. The SMILES string of the molecule is CCOC1CC(NC(C)c2ncc(C)s2)C12CCCCC2. The van der Waals surface area contributed by atoms with Crippen LogP contribution in [0.15, 0.2) is 6.20 Å². The molecule has 2 saturated carbocycles. The van der Waals surface area contributed by atoms with Crippen LogP contribution in [0.25, 0.3) is 0 Å². The Morgan fingerprint density at radius 1 is 1.43 bits per heavy atom. The molecule has 118 valence electrons. The summed E-state index contributed by atoms with van der Waals surface area (Å²) < 4.78 is 6.04. The molecular weight excluding hydrogens is 280 g/mol. The number of nitrogens with one attached hydrogen (secondary N) is 1. The third-order valence-corrected chi connectivity index (χ3v) is 6.49. The molecule has 3 atom stereocenters. The maximum atomic E-state index is 6.04. The number of thiazole rings is 1. The Morgan fingerprint density at radius 3 is 2.81 bits per heavy atom. The summed E-state index contributed by atoms with van der Waals surface area (Å²) in [6.07, 6.45) is 10.4. The lowest BCUT2D eigenvalue weighted by molar-refractivity contribution is -0.152. The van der Waals surface area contributed by atoms with Gasteiger partial charge in [0, 0.05) is 29.1 Å². The molecule has 1 spiro atoms. The minimum Gasteiger partial charge on any atom is -0.378 e. The Bertz CT molecular complexity index is 467. The first kappa shape index (κ1) is 15.4. The van der Waals surface area contributed by atoms with Crippen molar-refractivity contribution in [2.24, 2.45) is 5.41 Å². The first-order valence-corrected chi connectivity index (χ1v) is 9.27. The molecule has 0 saturated heterocycles. The molecular formula is C17H28N2OS. The van der Waals surface area contributed by atoms with E-state index >= 15 is 0 Å². The second-order valence-electron chi connectivity index (χ2n) is 6.72. The molecule has 0 aromatic carbocycles. The van der Waals surface area contributed by atoms with E-state index in [9.17, 15) is 0 Å². The van der Waals surface area contributed by atoms with E-state index in [-0.39, 0.29) is 0 Å². The molecule has 2 fully saturated rings. The van der Waals surface area contributed by atoms with Crippen molar-refractivity contribution in [3.63, 3.8) is 0 Å². The fourth-order valence-electron chi connectivity index (χ4n) is 4.24. The van der Waals surface area contributed by atoms with Crippen LogP contribution in [-0.2, 0) is 4.74 Å². The zero-order valence-electron chi connectivity index (χ0n) is 13.5. The zero-order chi connectivity index (χ0) is 14.9. The van der Waals surface area contributed by atoms with Crippen LogP contribution in [0.3, 0.4) is 0 Å². The summed E-state index contributed by atoms with van der Waals surface area (Å²) in [5.41, 5.74) is 0.398. The van der Waals surface area contributed by atoms with Crippen LogP contribution >= 0.6 is 11.3 Å². The topological polar surface area (TPSA) is 34.1 Å². The highest BCUT2D eigenvalue weighted by atomic mass is 32.1. The van der Waals surface area contributed by atoms with Crippen molar-refractivity contribution in [3.05, 3.63) is 16.1 Å². The third-order valence-electron chi connectivity index (χ3n) is 5.40. The summed E-state index contributed by atoms with van der Waals surface area (Å²) in [6.45, 7) is 7.35. The second kappa shape index (κ2) is 6.35. The van der Waals surface area contributed by atoms with Gasteiger partial charge in [0.15, 0.2) is 0 Å². The van der Waals surface area contributed by atoms with E-state index in [4.69, 9.17) is 4.74 Å². The van der Waals surface area contributed by atoms with Crippen molar-refractivity contribution in [1.29, 1.82) is 0 Å². The van der Waals surface area contributed by atoms with Gasteiger partial charge in [-0.15, -0.1) is 11.3 Å². The molecule has 4 heteroatoms. The average Bonchev–Trinajstić information content (AvgIpc) is 2.93. The zero-order valence-corrected chi connectivity index (χ0v) is 14.3. The van der Waals surface area contributed by atoms with Crippen LogP contribution in [0.5, 0.6) is 0 Å². The van der Waals surface area contributed by atoms with Crippen LogP contribution in [0.2, 0.25) is 0 Å². The Balaban J connectivity index is 1.67. The summed E-state index contributed by atoms with van der Waals surface area (Å²) in [5.74, 6) is 0. The molecule has 0 bridgehead atoms. The van der Waals surface area contributed by atoms with Crippen molar-refractivity contribution < 1.29 is 4.74 Å². The van der Waals surface area contributed by atoms with Crippen molar-refractivity contribution in [2.45, 2.75) is 77.5 Å². The van der Waals surface area contributed by atoms with Crippen molar-refractivity contribution >= 4 is 11.3 Å². The molecule has 1 aromatic rings. The van der Waals surface area contributed by atoms with Gasteiger partial charge >= 0.3 is 0 Å². The highest BCUT2D eigenvalue weighted by molar-refractivity contribution is 7.11. The maximum absolute atomic E-state index is 6.04. The summed E-state index contributed by atoms with van der Waals surface area (Å²) in [5, 5.41) is 5.08. The van der Waals surface area contributed by atoms with Crippen LogP contribution in [0.4, 0.5) is 0 Å². The Kier molecular flexibility index (Phi) is 4.67. The van der Waals surface area contributed by atoms with Crippen LogP contribution in [0.1, 0.15) is 68.3 Å². The van der Waals surface area contributed by atoms with E-state index in [0.29, 0.717) is 23.6 Å². The Hall–Kier alpha value is -0.450. The number of aryl methyl sites for hydroxylation is 1. The maximum Gasteiger partial charge on any atom is 0.109 e. The van der Waals surface area contributed by atoms with Crippen LogP contribution < -0.4 is 5.32 Å². The van der Waals surface area contributed by atoms with E-state index in [1.54, 1.807) is 0 Å². The van der Waals surface area contributed by atoms with Gasteiger partial charge < -0.3 is 10.1 Å². The molecule has 3 rings (SSSR count). The van der Waals surface area contributed by atoms with Gasteiger partial charge in [-0.2, -0.15) is 0 Å². The lowest BCUT2D eigenvalue weighted by Gasteiger charge is -2.58. The molecule has 0 radical (unpaired) electrons. The average molecular weight is 308 g/mol. The smallest absolute Gasteiger partial charge is 0.109 e. The third kappa shape index (κ3) is 2.90. The predicted molar refractivity (Wildman–Crippen MR) is 87.7 cm³/mol. The van der Waals surface area contributed by atoms with Crippen molar-refractivity contribution in [3.8, 4) is 0 Å². The van der Waals surface area contributed by atoms with E-state index in [1.165, 1.54) is 48.4 Å². The first-order chi connectivity index (χ1) is 10.2. The predicted octanol–water partition coefficient (Wildman–Crippen LogP) is 4.23. The molecule has 2 aliphatic rings. The van der Waals surface area contributed by atoms with Crippen LogP contribution in [-0.4, -0.2) is 23.7 Å². The normalized spacial score (nSPS) is 29.3. The molecule has 1 N–H and O–H groups in total. The van der Waals surface area contributed by atoms with E-state index < -0.39 is 0 Å². The Morgan fingerprint density at radius 2 is 2.19 bits per heavy atom. The van der Waals surface area contributed by atoms with Gasteiger partial charge in [-0.1, -0.05) is 19.3 Å². The van der Waals surface area contributed by atoms with E-state index in [2.05, 4.69) is 31.1 Å². The number of ether oxygens (including phenoxy) is 1. The minimum atomic E-state index is 0.357. The fourth-order valence-corrected chi connectivity index (χ4v) is 5.03. The van der Waals surface area contributed by atoms with Crippen molar-refractivity contribution in [2.75, 3.05) is 6.61 Å². The van der Waals surface area contributed by atoms with Crippen LogP contribution in [0, 0.1) is 12.3 Å². The van der Waals surface area contributed by atoms with Gasteiger partial charge in [-0.3, -0.25) is 0 Å². The minimum absolute atomic E-state index is 0.357. The van der Waals surface area contributed by atoms with E-state index in [0.717, 1.165) is 6.61 Å². The Labute approximate surface area is 132 Å². The monoisotopic (exact) mass is 308 g/mol. The molecule has 21 heavy (non-hydrogen) atoms. The van der Waals surface area contributed by atoms with Gasteiger partial charge in [0.25, 0.3) is 0 Å². The molecule has 0 aliphatic heterocycles. The molecule has 3 unspecified atom stereocenters. The second-order valence-corrected chi connectivity index (χ2v) is 7.99. The molecule has 3 nitrogen and oxygen atoms in total. The summed E-state index contributed by atoms with van der Waals surface area (Å²) in [7, 11) is 0. The van der Waals surface area contributed by atoms with Gasteiger partial charge in [0.2, 0.25) is 0 Å². The molecule has 0 amide bonds. The quantitative estimate of drug-likeness (QED) is 0.884. The largest absolute Gasteiger partial charge is 0.378 e.